The number of thiol groups is 1. The fourth-order valence-corrected chi connectivity index (χ4v) is 2.04. The van der Waals surface area contributed by atoms with Crippen molar-refractivity contribution >= 4 is 23.5 Å². The number of hydrogen-bond acceptors (Lipinski definition) is 4. The van der Waals surface area contributed by atoms with Crippen molar-refractivity contribution < 1.29 is 10.2 Å². The van der Waals surface area contributed by atoms with Crippen molar-refractivity contribution in [3.8, 4) is 0 Å². The molecule has 2 aromatic rings. The quantitative estimate of drug-likeness (QED) is 0.726. The molecule has 0 fully saturated rings. The van der Waals surface area contributed by atoms with Gasteiger partial charge in [-0.1, -0.05) is 18.2 Å². The van der Waals surface area contributed by atoms with E-state index in [1.807, 2.05) is 30.3 Å². The number of hydrogen-bond donors (Lipinski definition) is 3. The maximum absolute atomic E-state index is 9.97. The molecule has 17 heavy (non-hydrogen) atoms. The Kier molecular flexibility index (Phi) is 3.99. The van der Waals surface area contributed by atoms with E-state index in [-0.39, 0.29) is 0 Å². The van der Waals surface area contributed by atoms with E-state index in [1.165, 1.54) is 0 Å². The molecule has 1 aromatic heterocycles. The van der Waals surface area contributed by atoms with E-state index in [0.29, 0.717) is 17.7 Å². The molecule has 0 saturated carbocycles. The lowest BCUT2D eigenvalue weighted by molar-refractivity contribution is 0.0173. The predicted octanol–water partition coefficient (Wildman–Crippen LogP) is 1.95. The molecule has 0 aliphatic heterocycles. The average Bonchev–Trinajstić information content (AvgIpc) is 2.37. The van der Waals surface area contributed by atoms with E-state index in [2.05, 4.69) is 17.6 Å². The molecular weight excluding hydrogens is 234 g/mol. The lowest BCUT2D eigenvalue weighted by Gasteiger charge is -2.17. The van der Waals surface area contributed by atoms with Gasteiger partial charge < -0.3 is 10.2 Å². The molecular formula is C13H15NO2S. The maximum atomic E-state index is 9.97. The largest absolute Gasteiger partial charge is 0.390 e. The lowest BCUT2D eigenvalue weighted by atomic mass is 10.0. The number of aromatic nitrogens is 1. The van der Waals surface area contributed by atoms with Gasteiger partial charge in [0.25, 0.3) is 0 Å². The van der Waals surface area contributed by atoms with Crippen LogP contribution in [0.3, 0.4) is 0 Å². The van der Waals surface area contributed by atoms with Crippen LogP contribution in [0.25, 0.3) is 10.9 Å². The summed E-state index contributed by atoms with van der Waals surface area (Å²) in [5, 5.41) is 20.7. The van der Waals surface area contributed by atoms with Gasteiger partial charge in [0.1, 0.15) is 6.10 Å². The summed E-state index contributed by atoms with van der Waals surface area (Å²) < 4.78 is 0. The molecule has 2 atom stereocenters. The summed E-state index contributed by atoms with van der Waals surface area (Å²) in [4.78, 5) is 4.22. The highest BCUT2D eigenvalue weighted by Crippen LogP contribution is 2.22. The third-order valence-corrected chi connectivity index (χ3v) is 3.02. The normalized spacial score (nSPS) is 14.8. The zero-order chi connectivity index (χ0) is 12.3. The molecule has 2 rings (SSSR count). The Bertz CT molecular complexity index is 503. The summed E-state index contributed by atoms with van der Waals surface area (Å²) in [5.74, 6) is 0.546. The number of benzene rings is 1. The van der Waals surface area contributed by atoms with Crippen LogP contribution < -0.4 is 0 Å². The van der Waals surface area contributed by atoms with E-state index >= 15 is 0 Å². The van der Waals surface area contributed by atoms with E-state index in [1.54, 1.807) is 6.20 Å². The van der Waals surface area contributed by atoms with Gasteiger partial charge >= 0.3 is 0 Å². The Labute approximate surface area is 106 Å². The summed E-state index contributed by atoms with van der Waals surface area (Å²) in [6, 6.07) is 9.35. The van der Waals surface area contributed by atoms with Crippen molar-refractivity contribution in [3.05, 3.63) is 42.1 Å². The molecule has 90 valence electrons. The van der Waals surface area contributed by atoms with Crippen LogP contribution in [-0.2, 0) is 0 Å². The van der Waals surface area contributed by atoms with Gasteiger partial charge in [-0.2, -0.15) is 12.6 Å². The number of aliphatic hydroxyl groups is 2. The van der Waals surface area contributed by atoms with Gasteiger partial charge in [-0.05, 0) is 29.9 Å². The summed E-state index contributed by atoms with van der Waals surface area (Å²) in [7, 11) is 0. The first-order valence-corrected chi connectivity index (χ1v) is 6.17. The van der Waals surface area contributed by atoms with E-state index in [9.17, 15) is 10.2 Å². The first-order valence-electron chi connectivity index (χ1n) is 5.54. The van der Waals surface area contributed by atoms with Gasteiger partial charge in [0.15, 0.2) is 0 Å². The second-order valence-corrected chi connectivity index (χ2v) is 4.43. The molecule has 3 nitrogen and oxygen atoms in total. The van der Waals surface area contributed by atoms with Crippen molar-refractivity contribution in [1.82, 2.24) is 4.98 Å². The highest BCUT2D eigenvalue weighted by molar-refractivity contribution is 7.80. The molecule has 2 N–H and O–H groups in total. The second-order valence-electron chi connectivity index (χ2n) is 3.98. The number of pyridine rings is 1. The number of aliphatic hydroxyl groups excluding tert-OH is 2. The van der Waals surface area contributed by atoms with Crippen molar-refractivity contribution in [2.75, 3.05) is 5.75 Å². The highest BCUT2D eigenvalue weighted by atomic mass is 32.1. The van der Waals surface area contributed by atoms with Crippen LogP contribution in [0.2, 0.25) is 0 Å². The molecule has 1 heterocycles. The zero-order valence-corrected chi connectivity index (χ0v) is 10.2. The lowest BCUT2D eigenvalue weighted by Crippen LogP contribution is -2.18. The topological polar surface area (TPSA) is 53.4 Å². The van der Waals surface area contributed by atoms with Gasteiger partial charge in [-0.3, -0.25) is 4.98 Å². The summed E-state index contributed by atoms with van der Waals surface area (Å²) in [5.41, 5.74) is 1.51. The van der Waals surface area contributed by atoms with Crippen molar-refractivity contribution in [2.24, 2.45) is 0 Å². The zero-order valence-electron chi connectivity index (χ0n) is 9.32. The molecule has 0 spiro atoms. The SMILES string of the molecule is OC(CCS)C(O)c1ccc2cccnc2c1. The van der Waals surface area contributed by atoms with Crippen LogP contribution in [0.4, 0.5) is 0 Å². The van der Waals surface area contributed by atoms with Crippen LogP contribution in [0.15, 0.2) is 36.5 Å². The minimum Gasteiger partial charge on any atom is -0.390 e. The minimum absolute atomic E-state index is 0.463. The van der Waals surface area contributed by atoms with Crippen LogP contribution >= 0.6 is 12.6 Å². The molecule has 0 amide bonds. The fourth-order valence-electron chi connectivity index (χ4n) is 1.78. The predicted molar refractivity (Wildman–Crippen MR) is 71.2 cm³/mol. The Morgan fingerprint density at radius 3 is 2.82 bits per heavy atom. The summed E-state index contributed by atoms with van der Waals surface area (Å²) >= 11 is 4.04. The van der Waals surface area contributed by atoms with Crippen molar-refractivity contribution in [1.29, 1.82) is 0 Å². The molecule has 0 aliphatic carbocycles. The third kappa shape index (κ3) is 2.77. The summed E-state index contributed by atoms with van der Waals surface area (Å²) in [6.07, 6.45) is 0.509. The van der Waals surface area contributed by atoms with Crippen molar-refractivity contribution in [3.63, 3.8) is 0 Å². The van der Waals surface area contributed by atoms with Crippen LogP contribution in [0, 0.1) is 0 Å². The molecule has 0 saturated heterocycles. The van der Waals surface area contributed by atoms with E-state index in [4.69, 9.17) is 0 Å². The smallest absolute Gasteiger partial charge is 0.105 e. The fraction of sp³-hybridized carbons (Fsp3) is 0.308. The molecule has 4 heteroatoms. The highest BCUT2D eigenvalue weighted by Gasteiger charge is 2.17. The minimum atomic E-state index is -0.881. The maximum Gasteiger partial charge on any atom is 0.105 e. The van der Waals surface area contributed by atoms with Gasteiger partial charge in [-0.25, -0.2) is 0 Å². The molecule has 1 aromatic carbocycles. The van der Waals surface area contributed by atoms with Gasteiger partial charge in [-0.15, -0.1) is 0 Å². The summed E-state index contributed by atoms with van der Waals surface area (Å²) in [6.45, 7) is 0. The number of fused-ring (bicyclic) bond motifs is 1. The number of nitrogens with zero attached hydrogens (tertiary/aromatic N) is 1. The van der Waals surface area contributed by atoms with Crippen LogP contribution in [0.1, 0.15) is 18.1 Å². The Balaban J connectivity index is 2.29. The van der Waals surface area contributed by atoms with E-state index in [0.717, 1.165) is 10.9 Å². The third-order valence-electron chi connectivity index (χ3n) is 2.76. The van der Waals surface area contributed by atoms with Gasteiger partial charge in [0.05, 0.1) is 11.6 Å². The van der Waals surface area contributed by atoms with Gasteiger partial charge in [0, 0.05) is 11.6 Å². The molecule has 0 bridgehead atoms. The average molecular weight is 249 g/mol. The van der Waals surface area contributed by atoms with Crippen LogP contribution in [-0.4, -0.2) is 27.1 Å². The Hall–Kier alpha value is -1.10. The molecule has 2 unspecified atom stereocenters. The molecule has 0 aliphatic rings. The van der Waals surface area contributed by atoms with E-state index < -0.39 is 12.2 Å². The first kappa shape index (κ1) is 12.4. The second kappa shape index (κ2) is 5.49. The molecule has 0 radical (unpaired) electrons. The monoisotopic (exact) mass is 249 g/mol. The van der Waals surface area contributed by atoms with Crippen molar-refractivity contribution in [2.45, 2.75) is 18.6 Å². The first-order chi connectivity index (χ1) is 8.22. The van der Waals surface area contributed by atoms with Gasteiger partial charge in [0.2, 0.25) is 0 Å². The Morgan fingerprint density at radius 1 is 1.24 bits per heavy atom. The Morgan fingerprint density at radius 2 is 2.06 bits per heavy atom. The van der Waals surface area contributed by atoms with Crippen LogP contribution in [0.5, 0.6) is 0 Å². The standard InChI is InChI=1S/C13H15NO2S/c15-12(5-7-17)13(16)10-4-3-9-2-1-6-14-11(9)8-10/h1-4,6,8,12-13,15-17H,5,7H2. The number of rotatable bonds is 4.